The van der Waals surface area contributed by atoms with Crippen LogP contribution in [0.5, 0.6) is 11.5 Å². The molecule has 1 unspecified atom stereocenters. The fourth-order valence-electron chi connectivity index (χ4n) is 3.24. The van der Waals surface area contributed by atoms with Gasteiger partial charge in [-0.05, 0) is 49.6 Å². The molecule has 8 nitrogen and oxygen atoms in total. The number of nitrogens with one attached hydrogen (secondary N) is 1. The minimum absolute atomic E-state index is 0.0585. The van der Waals surface area contributed by atoms with Crippen LogP contribution in [0, 0.1) is 0 Å². The Labute approximate surface area is 188 Å². The SMILES string of the molecule is CCCOc1ccc(C(C)NC(=O)c2nc(S(C)(=O)=O)n3ccccc23)cc1OCCC. The Balaban J connectivity index is 1.87. The Hall–Kier alpha value is -3.07. The van der Waals surface area contributed by atoms with Gasteiger partial charge in [-0.2, -0.15) is 0 Å². The number of hydrogen-bond acceptors (Lipinski definition) is 6. The zero-order valence-electron chi connectivity index (χ0n) is 18.8. The van der Waals surface area contributed by atoms with Gasteiger partial charge >= 0.3 is 0 Å². The van der Waals surface area contributed by atoms with Crippen LogP contribution in [0.4, 0.5) is 0 Å². The zero-order chi connectivity index (χ0) is 23.3. The Morgan fingerprint density at radius 3 is 2.44 bits per heavy atom. The van der Waals surface area contributed by atoms with Gasteiger partial charge < -0.3 is 14.8 Å². The number of ether oxygens (including phenoxy) is 2. The van der Waals surface area contributed by atoms with Crippen molar-refractivity contribution >= 4 is 21.3 Å². The molecule has 2 heterocycles. The summed E-state index contributed by atoms with van der Waals surface area (Å²) in [6.45, 7) is 7.05. The van der Waals surface area contributed by atoms with Crippen molar-refractivity contribution in [2.24, 2.45) is 0 Å². The number of rotatable bonds is 10. The number of amides is 1. The second kappa shape index (κ2) is 10.0. The number of nitrogens with zero attached hydrogens (tertiary/aromatic N) is 2. The van der Waals surface area contributed by atoms with Crippen LogP contribution >= 0.6 is 0 Å². The summed E-state index contributed by atoms with van der Waals surface area (Å²) < 4.78 is 37.3. The van der Waals surface area contributed by atoms with E-state index in [1.807, 2.05) is 39.0 Å². The van der Waals surface area contributed by atoms with Crippen LogP contribution in [0.3, 0.4) is 0 Å². The third-order valence-corrected chi connectivity index (χ3v) is 5.75. The third kappa shape index (κ3) is 5.21. The van der Waals surface area contributed by atoms with Gasteiger partial charge in [0.25, 0.3) is 5.91 Å². The van der Waals surface area contributed by atoms with Gasteiger partial charge in [-0.3, -0.25) is 9.20 Å². The number of fused-ring (bicyclic) bond motifs is 1. The van der Waals surface area contributed by atoms with Gasteiger partial charge in [0.15, 0.2) is 17.2 Å². The molecule has 1 atom stereocenters. The molecule has 0 saturated heterocycles. The molecule has 1 aromatic carbocycles. The predicted molar refractivity (Wildman–Crippen MR) is 122 cm³/mol. The molecule has 0 fully saturated rings. The summed E-state index contributed by atoms with van der Waals surface area (Å²) in [5.41, 5.74) is 1.32. The first-order valence-corrected chi connectivity index (χ1v) is 12.5. The molecule has 0 aliphatic heterocycles. The van der Waals surface area contributed by atoms with Crippen LogP contribution in [0.25, 0.3) is 5.52 Å². The molecule has 0 aliphatic rings. The van der Waals surface area contributed by atoms with Crippen LogP contribution in [-0.4, -0.2) is 43.2 Å². The van der Waals surface area contributed by atoms with Gasteiger partial charge in [-0.25, -0.2) is 13.4 Å². The smallest absolute Gasteiger partial charge is 0.272 e. The van der Waals surface area contributed by atoms with Crippen LogP contribution in [0.15, 0.2) is 47.8 Å². The summed E-state index contributed by atoms with van der Waals surface area (Å²) in [7, 11) is -3.61. The standard InChI is InChI=1S/C23H29N3O5S/c1-5-13-30-19-11-10-17(15-20(19)31-14-6-2)16(3)24-22(27)21-18-9-7-8-12-26(18)23(25-21)32(4,28)29/h7-12,15-16H,5-6,13-14H2,1-4H3,(H,24,27). The highest BCUT2D eigenvalue weighted by atomic mass is 32.2. The molecular weight excluding hydrogens is 430 g/mol. The molecule has 0 saturated carbocycles. The van der Waals surface area contributed by atoms with Crippen molar-refractivity contribution < 1.29 is 22.7 Å². The van der Waals surface area contributed by atoms with Gasteiger partial charge in [0.2, 0.25) is 15.0 Å². The fourth-order valence-corrected chi connectivity index (χ4v) is 4.01. The van der Waals surface area contributed by atoms with Crippen molar-refractivity contribution in [1.82, 2.24) is 14.7 Å². The zero-order valence-corrected chi connectivity index (χ0v) is 19.6. The predicted octanol–water partition coefficient (Wildman–Crippen LogP) is 3.81. The lowest BCUT2D eigenvalue weighted by Gasteiger charge is -2.17. The number of pyridine rings is 1. The molecule has 3 rings (SSSR count). The Morgan fingerprint density at radius 2 is 1.78 bits per heavy atom. The van der Waals surface area contributed by atoms with Crippen molar-refractivity contribution in [2.75, 3.05) is 19.5 Å². The lowest BCUT2D eigenvalue weighted by molar-refractivity contribution is 0.0936. The molecule has 0 spiro atoms. The quantitative estimate of drug-likeness (QED) is 0.495. The molecule has 1 amide bonds. The molecule has 172 valence electrons. The highest BCUT2D eigenvalue weighted by Gasteiger charge is 2.24. The number of benzene rings is 1. The summed E-state index contributed by atoms with van der Waals surface area (Å²) >= 11 is 0. The second-order valence-electron chi connectivity index (χ2n) is 7.57. The van der Waals surface area contributed by atoms with Crippen molar-refractivity contribution in [2.45, 2.75) is 44.8 Å². The second-order valence-corrected chi connectivity index (χ2v) is 9.48. The number of aromatic nitrogens is 2. The first-order valence-electron chi connectivity index (χ1n) is 10.6. The fraction of sp³-hybridized carbons (Fsp3) is 0.391. The summed E-state index contributed by atoms with van der Waals surface area (Å²) in [6.07, 6.45) is 4.39. The van der Waals surface area contributed by atoms with E-state index in [-0.39, 0.29) is 16.9 Å². The third-order valence-electron chi connectivity index (χ3n) is 4.80. The van der Waals surface area contributed by atoms with Crippen molar-refractivity contribution in [3.63, 3.8) is 0 Å². The Bertz CT molecular complexity index is 1200. The lowest BCUT2D eigenvalue weighted by atomic mass is 10.1. The van der Waals surface area contributed by atoms with Gasteiger partial charge in [0.05, 0.1) is 24.8 Å². The number of sulfone groups is 1. The van der Waals surface area contributed by atoms with Crippen LogP contribution in [0.2, 0.25) is 0 Å². The number of carbonyl (C=O) groups is 1. The highest BCUT2D eigenvalue weighted by Crippen LogP contribution is 2.31. The Morgan fingerprint density at radius 1 is 1.09 bits per heavy atom. The maximum atomic E-state index is 13.0. The van der Waals surface area contributed by atoms with Crippen LogP contribution < -0.4 is 14.8 Å². The molecule has 3 aromatic rings. The highest BCUT2D eigenvalue weighted by molar-refractivity contribution is 7.90. The van der Waals surface area contributed by atoms with E-state index in [4.69, 9.17) is 9.47 Å². The van der Waals surface area contributed by atoms with E-state index >= 15 is 0 Å². The van der Waals surface area contributed by atoms with E-state index in [1.165, 1.54) is 4.40 Å². The van der Waals surface area contributed by atoms with Gasteiger partial charge in [-0.1, -0.05) is 26.0 Å². The van der Waals surface area contributed by atoms with Crippen molar-refractivity contribution in [3.05, 3.63) is 53.9 Å². The molecule has 9 heteroatoms. The number of carbonyl (C=O) groups excluding carboxylic acids is 1. The van der Waals surface area contributed by atoms with E-state index in [2.05, 4.69) is 10.3 Å². The largest absolute Gasteiger partial charge is 0.490 e. The van der Waals surface area contributed by atoms with E-state index in [9.17, 15) is 13.2 Å². The average Bonchev–Trinajstić information content (AvgIpc) is 3.17. The summed E-state index contributed by atoms with van der Waals surface area (Å²) in [4.78, 5) is 17.1. The normalized spacial score (nSPS) is 12.5. The van der Waals surface area contributed by atoms with Gasteiger partial charge in [0, 0.05) is 12.5 Å². The molecular formula is C23H29N3O5S. The first-order chi connectivity index (χ1) is 15.3. The van der Waals surface area contributed by atoms with Crippen molar-refractivity contribution in [1.29, 1.82) is 0 Å². The maximum absolute atomic E-state index is 13.0. The van der Waals surface area contributed by atoms with Gasteiger partial charge in [-0.15, -0.1) is 0 Å². The molecule has 0 radical (unpaired) electrons. The number of imidazole rings is 1. The van der Waals surface area contributed by atoms with E-state index < -0.39 is 15.7 Å². The van der Waals surface area contributed by atoms with E-state index in [0.717, 1.165) is 24.7 Å². The maximum Gasteiger partial charge on any atom is 0.272 e. The summed E-state index contributed by atoms with van der Waals surface area (Å²) in [5.74, 6) is 0.838. The van der Waals surface area contributed by atoms with Crippen LogP contribution in [0.1, 0.15) is 55.7 Å². The average molecular weight is 460 g/mol. The minimum atomic E-state index is -3.61. The summed E-state index contributed by atoms with van der Waals surface area (Å²) in [6, 6.07) is 10.3. The van der Waals surface area contributed by atoms with E-state index in [0.29, 0.717) is 30.2 Å². The molecule has 0 bridgehead atoms. The van der Waals surface area contributed by atoms with Gasteiger partial charge in [0.1, 0.15) is 0 Å². The molecule has 32 heavy (non-hydrogen) atoms. The van der Waals surface area contributed by atoms with E-state index in [1.54, 1.807) is 24.4 Å². The summed E-state index contributed by atoms with van der Waals surface area (Å²) in [5, 5.41) is 2.74. The molecule has 1 N–H and O–H groups in total. The monoisotopic (exact) mass is 459 g/mol. The first kappa shape index (κ1) is 23.6. The Kier molecular flexibility index (Phi) is 7.40. The lowest BCUT2D eigenvalue weighted by Crippen LogP contribution is -2.27. The molecule has 0 aliphatic carbocycles. The number of hydrogen-bond donors (Lipinski definition) is 1. The van der Waals surface area contributed by atoms with Crippen molar-refractivity contribution in [3.8, 4) is 11.5 Å². The molecule has 2 aromatic heterocycles. The van der Waals surface area contributed by atoms with Crippen LogP contribution in [-0.2, 0) is 9.84 Å². The topological polar surface area (TPSA) is 99.0 Å². The minimum Gasteiger partial charge on any atom is -0.490 e.